The maximum atomic E-state index is 14.5. The van der Waals surface area contributed by atoms with Crippen molar-refractivity contribution in [3.8, 4) is 0 Å². The average molecular weight is 744 g/mol. The Morgan fingerprint density at radius 3 is 1.95 bits per heavy atom. The molecule has 0 aliphatic heterocycles. The van der Waals surface area contributed by atoms with Gasteiger partial charge in [-0.2, -0.15) is 0 Å². The lowest BCUT2D eigenvalue weighted by Crippen LogP contribution is -2.56. The molecule has 7 nitrogen and oxygen atoms in total. The fourth-order valence-electron chi connectivity index (χ4n) is 4.65. The van der Waals surface area contributed by atoms with Gasteiger partial charge in [-0.1, -0.05) is 72.3 Å². The van der Waals surface area contributed by atoms with Gasteiger partial charge in [0.1, 0.15) is 12.6 Å². The first-order valence-electron chi connectivity index (χ1n) is 14.1. The van der Waals surface area contributed by atoms with E-state index >= 15 is 0 Å². The third kappa shape index (κ3) is 9.06. The Morgan fingerprint density at radius 2 is 1.39 bits per heavy atom. The lowest BCUT2D eigenvalue weighted by atomic mass is 10.0. The minimum atomic E-state index is -4.14. The molecule has 0 aliphatic carbocycles. The number of amides is 2. The molecule has 0 unspecified atom stereocenters. The average Bonchev–Trinajstić information content (AvgIpc) is 2.99. The highest BCUT2D eigenvalue weighted by atomic mass is 127. The van der Waals surface area contributed by atoms with Gasteiger partial charge < -0.3 is 10.2 Å². The molecule has 1 atom stereocenters. The molecule has 4 rings (SSSR count). The summed E-state index contributed by atoms with van der Waals surface area (Å²) in [5.41, 5.74) is 1.39. The van der Waals surface area contributed by atoms with Gasteiger partial charge in [0.15, 0.2) is 0 Å². The predicted octanol–water partition coefficient (Wildman–Crippen LogP) is 6.69. The molecular formula is C34H35ClIN3O4S. The molecule has 0 saturated heterocycles. The van der Waals surface area contributed by atoms with Gasteiger partial charge in [-0.15, -0.1) is 0 Å². The number of nitrogens with one attached hydrogen (secondary N) is 1. The van der Waals surface area contributed by atoms with E-state index in [1.807, 2.05) is 51.1 Å². The van der Waals surface area contributed by atoms with Gasteiger partial charge in [-0.05, 0) is 103 Å². The molecule has 0 saturated carbocycles. The van der Waals surface area contributed by atoms with Crippen LogP contribution < -0.4 is 9.62 Å². The van der Waals surface area contributed by atoms with Gasteiger partial charge in [-0.3, -0.25) is 13.9 Å². The Morgan fingerprint density at radius 1 is 0.818 bits per heavy atom. The molecule has 0 radical (unpaired) electrons. The molecular weight excluding hydrogens is 709 g/mol. The number of hydrogen-bond donors (Lipinski definition) is 1. The zero-order valence-corrected chi connectivity index (χ0v) is 28.5. The van der Waals surface area contributed by atoms with Crippen molar-refractivity contribution in [3.05, 3.63) is 129 Å². The van der Waals surface area contributed by atoms with Crippen molar-refractivity contribution >= 4 is 61.7 Å². The van der Waals surface area contributed by atoms with Crippen LogP contribution in [0, 0.1) is 3.57 Å². The standard InChI is InChI=1S/C34H35ClIN3O4S/c1-34(2,3)37-33(41)31(22-25-10-6-4-7-11-25)38(23-26-14-16-27(35)17-15-26)32(40)24-39(29-20-18-28(36)19-21-29)44(42,43)30-12-8-5-9-13-30/h4-21,31H,22-24H2,1-3H3,(H,37,41)/t31-/m1/s1. The van der Waals surface area contributed by atoms with E-state index in [0.717, 1.165) is 19.0 Å². The summed E-state index contributed by atoms with van der Waals surface area (Å²) in [4.78, 5) is 29.9. The van der Waals surface area contributed by atoms with Crippen molar-refractivity contribution in [2.45, 2.75) is 50.2 Å². The minimum absolute atomic E-state index is 0.0573. The van der Waals surface area contributed by atoms with Crippen molar-refractivity contribution in [2.24, 2.45) is 0 Å². The van der Waals surface area contributed by atoms with Crippen LogP contribution in [0.2, 0.25) is 5.02 Å². The monoisotopic (exact) mass is 743 g/mol. The first-order chi connectivity index (χ1) is 20.8. The summed E-state index contributed by atoms with van der Waals surface area (Å²) in [6.07, 6.45) is 0.233. The van der Waals surface area contributed by atoms with Gasteiger partial charge in [0.25, 0.3) is 10.0 Å². The lowest BCUT2D eigenvalue weighted by molar-refractivity contribution is -0.140. The maximum Gasteiger partial charge on any atom is 0.264 e. The molecule has 0 aliphatic rings. The van der Waals surface area contributed by atoms with Crippen molar-refractivity contribution < 1.29 is 18.0 Å². The Balaban J connectivity index is 1.80. The Kier molecular flexibility index (Phi) is 11.1. The zero-order chi connectivity index (χ0) is 31.9. The first kappa shape index (κ1) is 33.5. The second-order valence-electron chi connectivity index (χ2n) is 11.4. The summed E-state index contributed by atoms with van der Waals surface area (Å²) < 4.78 is 30.1. The van der Waals surface area contributed by atoms with Gasteiger partial charge >= 0.3 is 0 Å². The molecule has 230 valence electrons. The quantitative estimate of drug-likeness (QED) is 0.174. The number of benzene rings is 4. The van der Waals surface area contributed by atoms with Crippen LogP contribution in [0.5, 0.6) is 0 Å². The second kappa shape index (κ2) is 14.6. The van der Waals surface area contributed by atoms with E-state index in [1.54, 1.807) is 66.7 Å². The number of hydrogen-bond acceptors (Lipinski definition) is 4. The number of carbonyl (C=O) groups is 2. The molecule has 10 heteroatoms. The second-order valence-corrected chi connectivity index (χ2v) is 14.9. The van der Waals surface area contributed by atoms with Gasteiger partial charge in [-0.25, -0.2) is 8.42 Å². The van der Waals surface area contributed by atoms with Crippen molar-refractivity contribution in [2.75, 3.05) is 10.8 Å². The SMILES string of the molecule is CC(C)(C)NC(=O)[C@@H](Cc1ccccc1)N(Cc1ccc(Cl)cc1)C(=O)CN(c1ccc(I)cc1)S(=O)(=O)c1ccccc1. The van der Waals surface area contributed by atoms with E-state index in [1.165, 1.54) is 17.0 Å². The van der Waals surface area contributed by atoms with Crippen LogP contribution in [0.3, 0.4) is 0 Å². The highest BCUT2D eigenvalue weighted by Crippen LogP contribution is 2.26. The van der Waals surface area contributed by atoms with Gasteiger partial charge in [0.05, 0.1) is 10.6 Å². The number of sulfonamides is 1. The van der Waals surface area contributed by atoms with Crippen molar-refractivity contribution in [1.29, 1.82) is 0 Å². The topological polar surface area (TPSA) is 86.8 Å². The van der Waals surface area contributed by atoms with Gasteiger partial charge in [0, 0.05) is 27.1 Å². The van der Waals surface area contributed by atoms with E-state index in [4.69, 9.17) is 11.6 Å². The zero-order valence-electron chi connectivity index (χ0n) is 24.8. The molecule has 0 bridgehead atoms. The molecule has 0 fully saturated rings. The summed E-state index contributed by atoms with van der Waals surface area (Å²) >= 11 is 8.28. The van der Waals surface area contributed by atoms with Crippen LogP contribution in [0.15, 0.2) is 114 Å². The number of nitrogens with zero attached hydrogens (tertiary/aromatic N) is 2. The molecule has 4 aromatic rings. The Hall–Kier alpha value is -3.41. The summed E-state index contributed by atoms with van der Waals surface area (Å²) in [6.45, 7) is 5.18. The normalized spacial score (nSPS) is 12.3. The van der Waals surface area contributed by atoms with Crippen molar-refractivity contribution in [3.63, 3.8) is 0 Å². The van der Waals surface area contributed by atoms with E-state index in [-0.39, 0.29) is 23.8 Å². The lowest BCUT2D eigenvalue weighted by Gasteiger charge is -2.35. The van der Waals surface area contributed by atoms with Gasteiger partial charge in [0.2, 0.25) is 11.8 Å². The molecule has 0 heterocycles. The summed E-state index contributed by atoms with van der Waals surface area (Å²) in [7, 11) is -4.14. The van der Waals surface area contributed by atoms with Crippen LogP contribution >= 0.6 is 34.2 Å². The summed E-state index contributed by atoms with van der Waals surface area (Å²) in [6, 6.07) is 30.5. The van der Waals surface area contributed by atoms with Crippen LogP contribution in [0.4, 0.5) is 5.69 Å². The van der Waals surface area contributed by atoms with E-state index in [2.05, 4.69) is 27.9 Å². The Labute approximate surface area is 278 Å². The molecule has 2 amide bonds. The third-order valence-corrected chi connectivity index (χ3v) is 9.52. The minimum Gasteiger partial charge on any atom is -0.350 e. The fraction of sp³-hybridized carbons (Fsp3) is 0.235. The van der Waals surface area contributed by atoms with Crippen LogP contribution in [-0.2, 0) is 32.6 Å². The summed E-state index contributed by atoms with van der Waals surface area (Å²) in [5.74, 6) is -0.863. The number of halogens is 2. The van der Waals surface area contributed by atoms with E-state index < -0.39 is 34.1 Å². The van der Waals surface area contributed by atoms with Crippen LogP contribution in [0.1, 0.15) is 31.9 Å². The molecule has 0 spiro atoms. The fourth-order valence-corrected chi connectivity index (χ4v) is 6.57. The third-order valence-electron chi connectivity index (χ3n) is 6.76. The van der Waals surface area contributed by atoms with Crippen LogP contribution in [-0.4, -0.2) is 43.3 Å². The Bertz CT molecular complexity index is 1660. The molecule has 44 heavy (non-hydrogen) atoms. The molecule has 4 aromatic carbocycles. The molecule has 1 N–H and O–H groups in total. The number of rotatable bonds is 11. The predicted molar refractivity (Wildman–Crippen MR) is 184 cm³/mol. The number of anilines is 1. The highest BCUT2D eigenvalue weighted by molar-refractivity contribution is 14.1. The largest absolute Gasteiger partial charge is 0.350 e. The molecule has 0 aromatic heterocycles. The highest BCUT2D eigenvalue weighted by Gasteiger charge is 2.35. The number of carbonyl (C=O) groups excluding carboxylic acids is 2. The van der Waals surface area contributed by atoms with Crippen LogP contribution in [0.25, 0.3) is 0 Å². The smallest absolute Gasteiger partial charge is 0.264 e. The van der Waals surface area contributed by atoms with Crippen molar-refractivity contribution in [1.82, 2.24) is 10.2 Å². The van der Waals surface area contributed by atoms with E-state index in [0.29, 0.717) is 10.7 Å². The summed E-state index contributed by atoms with van der Waals surface area (Å²) in [5, 5.41) is 3.57. The maximum absolute atomic E-state index is 14.5. The first-order valence-corrected chi connectivity index (χ1v) is 17.0. The van der Waals surface area contributed by atoms with E-state index in [9.17, 15) is 18.0 Å².